The number of amidine groups is 1. The maximum Gasteiger partial charge on any atom is 0.203 e. The number of hydrogen-bond donors (Lipinski definition) is 1. The number of nitrogens with one attached hydrogen (secondary N) is 1. The second-order valence-corrected chi connectivity index (χ2v) is 5.83. The van der Waals surface area contributed by atoms with Gasteiger partial charge < -0.3 is 19.5 Å². The van der Waals surface area contributed by atoms with Crippen LogP contribution in [0.3, 0.4) is 0 Å². The van der Waals surface area contributed by atoms with E-state index in [0.717, 1.165) is 22.5 Å². The lowest BCUT2D eigenvalue weighted by molar-refractivity contribution is 0.324. The average molecular weight is 394 g/mol. The molecule has 2 aromatic carbocycles. The van der Waals surface area contributed by atoms with Crippen molar-refractivity contribution in [3.63, 3.8) is 0 Å². The fourth-order valence-corrected chi connectivity index (χ4v) is 2.93. The molecule has 1 aromatic heterocycles. The molecule has 0 saturated heterocycles. The summed E-state index contributed by atoms with van der Waals surface area (Å²) in [5, 5.41) is 18.8. The first-order valence-corrected chi connectivity index (χ1v) is 8.70. The Bertz CT molecular complexity index is 1000. The molecular weight excluding hydrogens is 372 g/mol. The highest BCUT2D eigenvalue weighted by Gasteiger charge is 2.17. The van der Waals surface area contributed by atoms with Crippen LogP contribution in [0.1, 0.15) is 5.56 Å². The van der Waals surface area contributed by atoms with Crippen LogP contribution in [0.15, 0.2) is 52.8 Å². The number of rotatable bonds is 7. The molecule has 3 aromatic rings. The number of ether oxygens (including phenoxy) is 3. The van der Waals surface area contributed by atoms with Gasteiger partial charge in [0.15, 0.2) is 17.3 Å². The molecule has 9 nitrogen and oxygen atoms in total. The molecule has 0 spiro atoms. The minimum atomic E-state index is 0.513. The second kappa shape index (κ2) is 8.87. The van der Waals surface area contributed by atoms with E-state index in [-0.39, 0.29) is 0 Å². The zero-order valence-corrected chi connectivity index (χ0v) is 16.7. The van der Waals surface area contributed by atoms with Gasteiger partial charge in [-0.05, 0) is 0 Å². The van der Waals surface area contributed by atoms with Gasteiger partial charge in [-0.25, -0.2) is 4.68 Å². The summed E-state index contributed by atoms with van der Waals surface area (Å²) >= 11 is 0. The Morgan fingerprint density at radius 1 is 1.03 bits per heavy atom. The summed E-state index contributed by atoms with van der Waals surface area (Å²) in [6.07, 6.45) is 1.69. The van der Waals surface area contributed by atoms with Gasteiger partial charge in [0, 0.05) is 37.0 Å². The minimum Gasteiger partial charge on any atom is -0.493 e. The van der Waals surface area contributed by atoms with Gasteiger partial charge in [-0.15, -0.1) is 10.2 Å². The van der Waals surface area contributed by atoms with Crippen LogP contribution >= 0.6 is 0 Å². The molecule has 0 radical (unpaired) electrons. The molecule has 0 aliphatic carbocycles. The van der Waals surface area contributed by atoms with Gasteiger partial charge in [-0.1, -0.05) is 29.5 Å². The molecule has 3 rings (SSSR count). The SMILES string of the molecule is C=N/N=C(\NC)c1ccc(-c2cnnn2-c2cc(OC)c(OC)c(OC)c2)cc1. The third kappa shape index (κ3) is 3.88. The van der Waals surface area contributed by atoms with E-state index in [2.05, 4.69) is 32.5 Å². The van der Waals surface area contributed by atoms with Crippen LogP contribution in [0.5, 0.6) is 17.2 Å². The van der Waals surface area contributed by atoms with Gasteiger partial charge in [0.25, 0.3) is 0 Å². The van der Waals surface area contributed by atoms with Crippen molar-refractivity contribution in [1.82, 2.24) is 20.3 Å². The van der Waals surface area contributed by atoms with Gasteiger partial charge in [0.2, 0.25) is 5.75 Å². The summed E-state index contributed by atoms with van der Waals surface area (Å²) < 4.78 is 18.0. The van der Waals surface area contributed by atoms with Crippen LogP contribution in [0.2, 0.25) is 0 Å². The van der Waals surface area contributed by atoms with Crippen molar-refractivity contribution in [2.24, 2.45) is 10.2 Å². The summed E-state index contributed by atoms with van der Waals surface area (Å²) in [6.45, 7) is 3.39. The standard InChI is InChI=1S/C20H22N6O3/c1-21-20(24-22-2)14-8-6-13(7-9-14)16-12-23-25-26(16)15-10-17(27-3)19(29-5)18(11-15)28-4/h6-12H,2H2,1,3-5H3,(H,21,24). The van der Waals surface area contributed by atoms with E-state index in [1.807, 2.05) is 36.4 Å². The molecule has 0 aliphatic heterocycles. The Balaban J connectivity index is 2.04. The van der Waals surface area contributed by atoms with Crippen molar-refractivity contribution < 1.29 is 14.2 Å². The molecule has 9 heteroatoms. The van der Waals surface area contributed by atoms with Crippen molar-refractivity contribution in [2.45, 2.75) is 0 Å². The predicted octanol–water partition coefficient (Wildman–Crippen LogP) is 2.54. The lowest BCUT2D eigenvalue weighted by Gasteiger charge is -2.15. The molecule has 1 N–H and O–H groups in total. The molecule has 29 heavy (non-hydrogen) atoms. The van der Waals surface area contributed by atoms with Gasteiger partial charge >= 0.3 is 0 Å². The van der Waals surface area contributed by atoms with E-state index >= 15 is 0 Å². The summed E-state index contributed by atoms with van der Waals surface area (Å²) in [5.41, 5.74) is 3.34. The first-order chi connectivity index (χ1) is 14.2. The van der Waals surface area contributed by atoms with Crippen LogP contribution in [0.25, 0.3) is 16.9 Å². The van der Waals surface area contributed by atoms with Crippen LogP contribution < -0.4 is 19.5 Å². The van der Waals surface area contributed by atoms with Crippen molar-refractivity contribution in [3.8, 4) is 34.2 Å². The normalized spacial score (nSPS) is 11.1. The quantitative estimate of drug-likeness (QED) is 0.376. The van der Waals surface area contributed by atoms with Crippen molar-refractivity contribution >= 4 is 12.6 Å². The Morgan fingerprint density at radius 2 is 1.69 bits per heavy atom. The van der Waals surface area contributed by atoms with Gasteiger partial charge in [-0.3, -0.25) is 0 Å². The third-order valence-electron chi connectivity index (χ3n) is 4.30. The van der Waals surface area contributed by atoms with Crippen LogP contribution in [0.4, 0.5) is 0 Å². The van der Waals surface area contributed by atoms with E-state index in [0.29, 0.717) is 23.1 Å². The molecule has 0 aliphatic rings. The Labute approximate surface area is 168 Å². The third-order valence-corrected chi connectivity index (χ3v) is 4.30. The fraction of sp³-hybridized carbons (Fsp3) is 0.200. The number of hydrogen-bond acceptors (Lipinski definition) is 7. The van der Waals surface area contributed by atoms with Gasteiger partial charge in [-0.2, -0.15) is 5.10 Å². The zero-order chi connectivity index (χ0) is 20.8. The molecular formula is C20H22N6O3. The summed E-state index contributed by atoms with van der Waals surface area (Å²) in [4.78, 5) is 0. The molecule has 0 amide bonds. The molecule has 150 valence electrons. The largest absolute Gasteiger partial charge is 0.493 e. The topological polar surface area (TPSA) is 95.2 Å². The summed E-state index contributed by atoms with van der Waals surface area (Å²) in [7, 11) is 6.48. The van der Waals surface area contributed by atoms with Gasteiger partial charge in [0.1, 0.15) is 0 Å². The number of nitrogens with zero attached hydrogens (tertiary/aromatic N) is 5. The highest BCUT2D eigenvalue weighted by Crippen LogP contribution is 2.39. The number of benzene rings is 2. The minimum absolute atomic E-state index is 0.513. The maximum absolute atomic E-state index is 5.44. The second-order valence-electron chi connectivity index (χ2n) is 5.83. The zero-order valence-electron chi connectivity index (χ0n) is 16.7. The van der Waals surface area contributed by atoms with E-state index in [9.17, 15) is 0 Å². The first kappa shape index (κ1) is 19.9. The highest BCUT2D eigenvalue weighted by atomic mass is 16.5. The van der Waals surface area contributed by atoms with E-state index < -0.39 is 0 Å². The predicted molar refractivity (Wildman–Crippen MR) is 112 cm³/mol. The average Bonchev–Trinajstić information content (AvgIpc) is 3.26. The Kier molecular flexibility index (Phi) is 6.08. The lowest BCUT2D eigenvalue weighted by atomic mass is 10.1. The van der Waals surface area contributed by atoms with Gasteiger partial charge in [0.05, 0.1) is 38.9 Å². The van der Waals surface area contributed by atoms with Crippen LogP contribution in [-0.2, 0) is 0 Å². The van der Waals surface area contributed by atoms with Crippen molar-refractivity contribution in [2.75, 3.05) is 28.4 Å². The van der Waals surface area contributed by atoms with E-state index in [4.69, 9.17) is 14.2 Å². The van der Waals surface area contributed by atoms with Crippen LogP contribution in [-0.4, -0.2) is 55.9 Å². The highest BCUT2D eigenvalue weighted by molar-refractivity contribution is 5.98. The molecule has 0 bridgehead atoms. The van der Waals surface area contributed by atoms with Crippen molar-refractivity contribution in [1.29, 1.82) is 0 Å². The summed E-state index contributed by atoms with van der Waals surface area (Å²) in [6, 6.07) is 11.4. The molecule has 0 unspecified atom stereocenters. The molecule has 1 heterocycles. The Hall–Kier alpha value is -3.88. The molecule has 0 fully saturated rings. The summed E-state index contributed by atoms with van der Waals surface area (Å²) in [5.74, 6) is 2.21. The smallest absolute Gasteiger partial charge is 0.203 e. The number of aromatic nitrogens is 3. The fourth-order valence-electron chi connectivity index (χ4n) is 2.93. The molecule has 0 atom stereocenters. The number of methoxy groups -OCH3 is 3. The monoisotopic (exact) mass is 394 g/mol. The van der Waals surface area contributed by atoms with E-state index in [1.165, 1.54) is 0 Å². The van der Waals surface area contributed by atoms with Crippen molar-refractivity contribution in [3.05, 3.63) is 48.2 Å². The molecule has 0 saturated carbocycles. The Morgan fingerprint density at radius 3 is 2.21 bits per heavy atom. The lowest BCUT2D eigenvalue weighted by Crippen LogP contribution is -2.18. The van der Waals surface area contributed by atoms with E-state index in [1.54, 1.807) is 39.3 Å². The maximum atomic E-state index is 5.44. The first-order valence-electron chi connectivity index (χ1n) is 8.70. The van der Waals surface area contributed by atoms with Crippen LogP contribution in [0, 0.1) is 0 Å².